The molecule has 0 saturated heterocycles. The van der Waals surface area contributed by atoms with Gasteiger partial charge in [0.25, 0.3) is 0 Å². The van der Waals surface area contributed by atoms with Gasteiger partial charge in [0.05, 0.1) is 17.4 Å². The van der Waals surface area contributed by atoms with Crippen molar-refractivity contribution < 1.29 is 26.3 Å². The summed E-state index contributed by atoms with van der Waals surface area (Å²) in [5.74, 6) is -3.78. The number of benzene rings is 1. The van der Waals surface area contributed by atoms with E-state index in [1.165, 1.54) is 6.20 Å². The van der Waals surface area contributed by atoms with Crippen LogP contribution in [-0.4, -0.2) is 37.2 Å². The van der Waals surface area contributed by atoms with Gasteiger partial charge in [0, 0.05) is 36.6 Å². The fraction of sp³-hybridized carbons (Fsp3) is 0.455. The van der Waals surface area contributed by atoms with Crippen molar-refractivity contribution in [2.45, 2.75) is 49.3 Å². The summed E-state index contributed by atoms with van der Waals surface area (Å²) in [5, 5.41) is 8.39. The van der Waals surface area contributed by atoms with Crippen molar-refractivity contribution in [2.75, 3.05) is 6.61 Å². The van der Waals surface area contributed by atoms with E-state index in [4.69, 9.17) is 10.00 Å². The van der Waals surface area contributed by atoms with E-state index in [1.807, 2.05) is 6.07 Å². The van der Waals surface area contributed by atoms with Crippen LogP contribution in [0.15, 0.2) is 36.5 Å². The van der Waals surface area contributed by atoms with Gasteiger partial charge in [-0.2, -0.15) is 5.26 Å². The first-order chi connectivity index (χ1) is 15.2. The molecule has 2 aliphatic rings. The van der Waals surface area contributed by atoms with Crippen LogP contribution in [0, 0.1) is 23.1 Å². The Kier molecular flexibility index (Phi) is 6.14. The Morgan fingerprint density at radius 1 is 1.22 bits per heavy atom. The summed E-state index contributed by atoms with van der Waals surface area (Å²) in [7, 11) is -3.50. The number of nitriles is 1. The Bertz CT molecular complexity index is 1130. The Morgan fingerprint density at radius 3 is 2.56 bits per heavy atom. The van der Waals surface area contributed by atoms with E-state index in [1.54, 1.807) is 24.3 Å². The van der Waals surface area contributed by atoms with Gasteiger partial charge in [0.2, 0.25) is 15.9 Å². The van der Waals surface area contributed by atoms with Crippen LogP contribution in [0.25, 0.3) is 11.3 Å². The second-order valence-corrected chi connectivity index (χ2v) is 10.3. The lowest BCUT2D eigenvalue weighted by Gasteiger charge is -2.36. The minimum Gasteiger partial charge on any atom is -0.493 e. The Balaban J connectivity index is 1.43. The maximum atomic E-state index is 14.2. The van der Waals surface area contributed by atoms with Gasteiger partial charge in [-0.15, -0.1) is 0 Å². The standard InChI is InChI=1S/C22H22F3N3O3S/c23-19-9-14(11-26)12-27-21(19)15-1-3-17(4-2-15)31-13-16-10-22(24,25)8-7-20(16)28-32(29,30)18-5-6-18/h1-4,9,12,16,18,20,28H,5-8,10,13H2/t16-,20+/m1/s1. The molecule has 10 heteroatoms. The molecule has 0 aliphatic heterocycles. The highest BCUT2D eigenvalue weighted by atomic mass is 32.2. The van der Waals surface area contributed by atoms with Crippen molar-refractivity contribution in [1.82, 2.24) is 9.71 Å². The molecule has 2 atom stereocenters. The van der Waals surface area contributed by atoms with Crippen LogP contribution in [0.5, 0.6) is 5.75 Å². The highest BCUT2D eigenvalue weighted by molar-refractivity contribution is 7.90. The highest BCUT2D eigenvalue weighted by Crippen LogP contribution is 2.38. The molecule has 1 N–H and O–H groups in total. The molecule has 0 spiro atoms. The van der Waals surface area contributed by atoms with Crippen LogP contribution in [0.1, 0.15) is 37.7 Å². The maximum Gasteiger partial charge on any atom is 0.248 e. The monoisotopic (exact) mass is 465 g/mol. The zero-order chi connectivity index (χ0) is 22.9. The Morgan fingerprint density at radius 2 is 1.94 bits per heavy atom. The van der Waals surface area contributed by atoms with Crippen molar-refractivity contribution >= 4 is 10.0 Å². The van der Waals surface area contributed by atoms with Crippen LogP contribution in [0.2, 0.25) is 0 Å². The van der Waals surface area contributed by atoms with Gasteiger partial charge in [-0.25, -0.2) is 26.3 Å². The van der Waals surface area contributed by atoms with E-state index >= 15 is 0 Å². The average Bonchev–Trinajstić information content (AvgIpc) is 3.60. The van der Waals surface area contributed by atoms with E-state index in [9.17, 15) is 21.6 Å². The first-order valence-corrected chi connectivity index (χ1v) is 11.9. The van der Waals surface area contributed by atoms with Crippen molar-refractivity contribution in [1.29, 1.82) is 5.26 Å². The third-order valence-corrected chi connectivity index (χ3v) is 7.77. The first kappa shape index (κ1) is 22.6. The molecule has 6 nitrogen and oxygen atoms in total. The highest BCUT2D eigenvalue weighted by Gasteiger charge is 2.45. The number of hydrogen-bond acceptors (Lipinski definition) is 5. The molecule has 0 radical (unpaired) electrons. The van der Waals surface area contributed by atoms with Gasteiger partial charge in [-0.3, -0.25) is 4.98 Å². The van der Waals surface area contributed by atoms with Crippen LogP contribution < -0.4 is 9.46 Å². The molecule has 2 fully saturated rings. The molecule has 1 aromatic carbocycles. The molecule has 1 aromatic heterocycles. The fourth-order valence-corrected chi connectivity index (χ4v) is 5.55. The van der Waals surface area contributed by atoms with E-state index in [-0.39, 0.29) is 30.7 Å². The molecule has 170 valence electrons. The second kappa shape index (κ2) is 8.71. The molecule has 0 amide bonds. The number of sulfonamides is 1. The number of alkyl halides is 2. The summed E-state index contributed by atoms with van der Waals surface area (Å²) in [6, 6.07) is 8.61. The summed E-state index contributed by atoms with van der Waals surface area (Å²) in [5.41, 5.74) is 0.665. The normalized spacial score (nSPS) is 22.8. The summed E-state index contributed by atoms with van der Waals surface area (Å²) in [4.78, 5) is 3.96. The predicted octanol–water partition coefficient (Wildman–Crippen LogP) is 4.02. The van der Waals surface area contributed by atoms with Gasteiger partial charge >= 0.3 is 0 Å². The van der Waals surface area contributed by atoms with Gasteiger partial charge < -0.3 is 4.74 Å². The van der Waals surface area contributed by atoms with Gasteiger partial charge in [-0.1, -0.05) is 0 Å². The van der Waals surface area contributed by atoms with E-state index in [2.05, 4.69) is 9.71 Å². The number of aromatic nitrogens is 1. The van der Waals surface area contributed by atoms with Crippen molar-refractivity contribution in [3.8, 4) is 23.1 Å². The van der Waals surface area contributed by atoms with Crippen molar-refractivity contribution in [3.63, 3.8) is 0 Å². The number of hydrogen-bond donors (Lipinski definition) is 1. The number of nitrogens with one attached hydrogen (secondary N) is 1. The van der Waals surface area contributed by atoms with Crippen molar-refractivity contribution in [2.24, 2.45) is 5.92 Å². The third kappa shape index (κ3) is 5.22. The van der Waals surface area contributed by atoms with Gasteiger partial charge in [0.1, 0.15) is 17.5 Å². The molecular formula is C22H22F3N3O3S. The summed E-state index contributed by atoms with van der Waals surface area (Å²) in [6.45, 7) is -0.0731. The van der Waals surface area contributed by atoms with Crippen molar-refractivity contribution in [3.05, 3.63) is 47.9 Å². The minimum atomic E-state index is -3.50. The topological polar surface area (TPSA) is 92.1 Å². The van der Waals surface area contributed by atoms with E-state index in [0.717, 1.165) is 6.07 Å². The molecular weight excluding hydrogens is 443 g/mol. The maximum absolute atomic E-state index is 14.2. The quantitative estimate of drug-likeness (QED) is 0.667. The molecule has 2 aromatic rings. The van der Waals surface area contributed by atoms with Gasteiger partial charge in [0.15, 0.2) is 5.82 Å². The van der Waals surface area contributed by atoms with E-state index < -0.39 is 45.4 Å². The number of rotatable bonds is 7. The number of ether oxygens (including phenoxy) is 1. The summed E-state index contributed by atoms with van der Waals surface area (Å²) >= 11 is 0. The zero-order valence-corrected chi connectivity index (χ0v) is 17.9. The predicted molar refractivity (Wildman–Crippen MR) is 111 cm³/mol. The lowest BCUT2D eigenvalue weighted by Crippen LogP contribution is -2.49. The largest absolute Gasteiger partial charge is 0.493 e. The van der Waals surface area contributed by atoms with Crippen LogP contribution in [0.4, 0.5) is 13.2 Å². The van der Waals surface area contributed by atoms with E-state index in [0.29, 0.717) is 24.2 Å². The zero-order valence-electron chi connectivity index (χ0n) is 17.1. The Labute approximate surface area is 184 Å². The lowest BCUT2D eigenvalue weighted by atomic mass is 9.83. The molecule has 2 aliphatic carbocycles. The smallest absolute Gasteiger partial charge is 0.248 e. The molecule has 1 heterocycles. The fourth-order valence-electron chi connectivity index (χ4n) is 3.87. The molecule has 4 rings (SSSR count). The van der Waals surface area contributed by atoms with Crippen LogP contribution in [0.3, 0.4) is 0 Å². The number of pyridine rings is 1. The molecule has 2 saturated carbocycles. The molecule has 0 bridgehead atoms. The number of halogens is 3. The van der Waals surface area contributed by atoms with Crippen LogP contribution >= 0.6 is 0 Å². The lowest BCUT2D eigenvalue weighted by molar-refractivity contribution is -0.0661. The first-order valence-electron chi connectivity index (χ1n) is 10.3. The summed E-state index contributed by atoms with van der Waals surface area (Å²) < 4.78 is 75.0. The average molecular weight is 465 g/mol. The second-order valence-electron chi connectivity index (χ2n) is 8.33. The van der Waals surface area contributed by atoms with Crippen LogP contribution in [-0.2, 0) is 10.0 Å². The third-order valence-electron chi connectivity index (χ3n) is 5.79. The minimum absolute atomic E-state index is 0.0511. The Hall–Kier alpha value is -2.64. The SMILES string of the molecule is N#Cc1cnc(-c2ccc(OC[C@H]3CC(F)(F)CC[C@@H]3NS(=O)(=O)C3CC3)cc2)c(F)c1. The van der Waals surface area contributed by atoms with Gasteiger partial charge in [-0.05, 0) is 49.6 Å². The molecule has 32 heavy (non-hydrogen) atoms. The summed E-state index contributed by atoms with van der Waals surface area (Å²) in [6.07, 6.45) is 1.70. The molecule has 0 unspecified atom stereocenters. The number of nitrogens with zero attached hydrogens (tertiary/aromatic N) is 2.